The van der Waals surface area contributed by atoms with Gasteiger partial charge in [0.05, 0.1) is 6.20 Å². The van der Waals surface area contributed by atoms with Crippen LogP contribution in [0.1, 0.15) is 10.5 Å². The Hall–Kier alpha value is -2.15. The molecule has 0 spiro atoms. The summed E-state index contributed by atoms with van der Waals surface area (Å²) in [4.78, 5) is 22.5. The maximum atomic E-state index is 10.7. The molecule has 3 aromatic rings. The molecule has 0 unspecified atom stereocenters. The van der Waals surface area contributed by atoms with Gasteiger partial charge in [0, 0.05) is 11.6 Å². The fraction of sp³-hybridized carbons (Fsp3) is 0. The Morgan fingerprint density at radius 3 is 3.12 bits per heavy atom. The number of aromatic amines is 1. The van der Waals surface area contributed by atoms with Gasteiger partial charge < -0.3 is 10.1 Å². The normalized spacial score (nSPS) is 11.0. The Kier molecular flexibility index (Phi) is 1.80. The molecule has 0 amide bonds. The zero-order chi connectivity index (χ0) is 11.1. The number of nitrogens with zero attached hydrogens (tertiary/aromatic N) is 3. The highest BCUT2D eigenvalue weighted by Gasteiger charge is 2.13. The van der Waals surface area contributed by atoms with Crippen LogP contribution in [0, 0.1) is 0 Å². The summed E-state index contributed by atoms with van der Waals surface area (Å²) in [5.74, 6) is -0.553. The van der Waals surface area contributed by atoms with Crippen LogP contribution in [0.15, 0.2) is 24.1 Å². The molecule has 0 saturated heterocycles. The number of thiazole rings is 1. The van der Waals surface area contributed by atoms with Gasteiger partial charge in [-0.1, -0.05) is 0 Å². The monoisotopic (exact) mass is 234 g/mol. The fourth-order valence-electron chi connectivity index (χ4n) is 1.45. The average molecular weight is 234 g/mol. The minimum atomic E-state index is -1.03. The first-order valence-corrected chi connectivity index (χ1v) is 5.32. The van der Waals surface area contributed by atoms with Crippen LogP contribution in [0.25, 0.3) is 16.3 Å². The van der Waals surface area contributed by atoms with E-state index in [4.69, 9.17) is 5.11 Å². The molecule has 3 rings (SSSR count). The molecule has 0 fully saturated rings. The number of carboxylic acid groups (broad SMARTS) is 1. The number of fused-ring (bicyclic) bond motifs is 1. The van der Waals surface area contributed by atoms with Crippen LogP contribution in [0.4, 0.5) is 0 Å². The molecule has 16 heavy (non-hydrogen) atoms. The average Bonchev–Trinajstić information content (AvgIpc) is 2.92. The molecule has 0 radical (unpaired) electrons. The Bertz CT molecular complexity index is 666. The standard InChI is InChI=1S/C9H6N4O2S/c14-9(15)5-3-10-7(12-5)6-8-13(4-11-6)1-2-16-8/h1-4H,(H,10,12)(H,14,15). The highest BCUT2D eigenvalue weighted by atomic mass is 32.1. The summed E-state index contributed by atoms with van der Waals surface area (Å²) in [6.45, 7) is 0. The van der Waals surface area contributed by atoms with Gasteiger partial charge in [-0.25, -0.2) is 14.8 Å². The van der Waals surface area contributed by atoms with Crippen LogP contribution in [-0.2, 0) is 0 Å². The van der Waals surface area contributed by atoms with Crippen molar-refractivity contribution in [3.63, 3.8) is 0 Å². The van der Waals surface area contributed by atoms with Crippen molar-refractivity contribution in [1.82, 2.24) is 19.4 Å². The SMILES string of the molecule is O=C(O)c1cnc(-c2ncn3ccsc23)[nH]1. The van der Waals surface area contributed by atoms with E-state index in [0.29, 0.717) is 11.5 Å². The van der Waals surface area contributed by atoms with Crippen molar-refractivity contribution in [3.8, 4) is 11.5 Å². The van der Waals surface area contributed by atoms with E-state index in [1.165, 1.54) is 17.5 Å². The van der Waals surface area contributed by atoms with Crippen molar-refractivity contribution in [2.24, 2.45) is 0 Å². The van der Waals surface area contributed by atoms with E-state index in [-0.39, 0.29) is 5.69 Å². The van der Waals surface area contributed by atoms with Crippen LogP contribution < -0.4 is 0 Å². The predicted molar refractivity (Wildman–Crippen MR) is 57.6 cm³/mol. The van der Waals surface area contributed by atoms with Crippen LogP contribution >= 0.6 is 11.3 Å². The maximum Gasteiger partial charge on any atom is 0.353 e. The molecule has 0 aliphatic carbocycles. The molecule has 0 bridgehead atoms. The molecule has 2 N–H and O–H groups in total. The zero-order valence-electron chi connectivity index (χ0n) is 7.91. The van der Waals surface area contributed by atoms with Crippen LogP contribution in [-0.4, -0.2) is 30.4 Å². The van der Waals surface area contributed by atoms with E-state index in [1.54, 1.807) is 6.33 Å². The third kappa shape index (κ3) is 1.22. The van der Waals surface area contributed by atoms with Gasteiger partial charge in [-0.3, -0.25) is 4.40 Å². The molecular weight excluding hydrogens is 228 g/mol. The molecule has 0 saturated carbocycles. The van der Waals surface area contributed by atoms with E-state index in [9.17, 15) is 4.79 Å². The number of carbonyl (C=O) groups is 1. The van der Waals surface area contributed by atoms with Gasteiger partial charge in [0.2, 0.25) is 0 Å². The Balaban J connectivity index is 2.15. The Morgan fingerprint density at radius 1 is 1.50 bits per heavy atom. The Morgan fingerprint density at radius 2 is 2.38 bits per heavy atom. The molecule has 80 valence electrons. The molecule has 0 atom stereocenters. The lowest BCUT2D eigenvalue weighted by molar-refractivity contribution is 0.0691. The number of aromatic nitrogens is 4. The molecular formula is C9H6N4O2S. The summed E-state index contributed by atoms with van der Waals surface area (Å²) in [6.07, 6.45) is 4.85. The first-order valence-electron chi connectivity index (χ1n) is 4.44. The molecule has 0 aromatic carbocycles. The minimum Gasteiger partial charge on any atom is -0.477 e. The summed E-state index contributed by atoms with van der Waals surface area (Å²) >= 11 is 1.53. The quantitative estimate of drug-likeness (QED) is 0.703. The number of nitrogens with one attached hydrogen (secondary N) is 1. The van der Waals surface area contributed by atoms with Crippen molar-refractivity contribution in [2.45, 2.75) is 0 Å². The molecule has 6 nitrogen and oxygen atoms in total. The van der Waals surface area contributed by atoms with Crippen LogP contribution in [0.2, 0.25) is 0 Å². The number of rotatable bonds is 2. The van der Waals surface area contributed by atoms with Crippen molar-refractivity contribution in [3.05, 3.63) is 29.8 Å². The molecule has 3 aromatic heterocycles. The Labute approximate surface area is 93.2 Å². The smallest absolute Gasteiger partial charge is 0.353 e. The second-order valence-electron chi connectivity index (χ2n) is 3.16. The van der Waals surface area contributed by atoms with E-state index in [0.717, 1.165) is 4.83 Å². The zero-order valence-corrected chi connectivity index (χ0v) is 8.73. The summed E-state index contributed by atoms with van der Waals surface area (Å²) in [5, 5.41) is 10.7. The van der Waals surface area contributed by atoms with E-state index >= 15 is 0 Å². The van der Waals surface area contributed by atoms with Crippen molar-refractivity contribution >= 4 is 22.1 Å². The molecule has 7 heteroatoms. The third-order valence-corrected chi connectivity index (χ3v) is 3.07. The van der Waals surface area contributed by atoms with Crippen molar-refractivity contribution in [1.29, 1.82) is 0 Å². The number of H-pyrrole nitrogens is 1. The van der Waals surface area contributed by atoms with Gasteiger partial charge in [0.1, 0.15) is 22.5 Å². The van der Waals surface area contributed by atoms with Gasteiger partial charge in [-0.15, -0.1) is 11.3 Å². The maximum absolute atomic E-state index is 10.7. The molecule has 0 aliphatic rings. The summed E-state index contributed by atoms with van der Waals surface area (Å²) in [7, 11) is 0. The summed E-state index contributed by atoms with van der Waals surface area (Å²) < 4.78 is 1.86. The minimum absolute atomic E-state index is 0.0627. The van der Waals surface area contributed by atoms with Crippen molar-refractivity contribution < 1.29 is 9.90 Å². The van der Waals surface area contributed by atoms with E-state index in [2.05, 4.69) is 15.0 Å². The summed E-state index contributed by atoms with van der Waals surface area (Å²) in [5.41, 5.74) is 0.732. The first kappa shape index (κ1) is 9.10. The van der Waals surface area contributed by atoms with Crippen molar-refractivity contribution in [2.75, 3.05) is 0 Å². The van der Waals surface area contributed by atoms with Crippen LogP contribution in [0.3, 0.4) is 0 Å². The predicted octanol–water partition coefficient (Wildman–Crippen LogP) is 1.48. The number of hydrogen-bond acceptors (Lipinski definition) is 4. The second-order valence-corrected chi connectivity index (χ2v) is 4.05. The van der Waals surface area contributed by atoms with Gasteiger partial charge in [0.25, 0.3) is 0 Å². The number of carboxylic acids is 1. The third-order valence-electron chi connectivity index (χ3n) is 2.18. The van der Waals surface area contributed by atoms with Gasteiger partial charge >= 0.3 is 5.97 Å². The molecule has 3 heterocycles. The summed E-state index contributed by atoms with van der Waals surface area (Å²) in [6, 6.07) is 0. The lowest BCUT2D eigenvalue weighted by atomic mass is 10.4. The topological polar surface area (TPSA) is 83.3 Å². The van der Waals surface area contributed by atoms with E-state index in [1.807, 2.05) is 16.0 Å². The lowest BCUT2D eigenvalue weighted by Crippen LogP contribution is -1.95. The van der Waals surface area contributed by atoms with Gasteiger partial charge in [0.15, 0.2) is 5.82 Å². The molecule has 0 aliphatic heterocycles. The highest BCUT2D eigenvalue weighted by molar-refractivity contribution is 7.16. The lowest BCUT2D eigenvalue weighted by Gasteiger charge is -1.89. The first-order chi connectivity index (χ1) is 7.75. The fourth-order valence-corrected chi connectivity index (χ4v) is 2.26. The van der Waals surface area contributed by atoms with Crippen LogP contribution in [0.5, 0.6) is 0 Å². The highest BCUT2D eigenvalue weighted by Crippen LogP contribution is 2.24. The largest absolute Gasteiger partial charge is 0.477 e. The number of imidazole rings is 2. The number of aromatic carboxylic acids is 1. The van der Waals surface area contributed by atoms with E-state index < -0.39 is 5.97 Å². The van der Waals surface area contributed by atoms with Gasteiger partial charge in [-0.2, -0.15) is 0 Å². The second kappa shape index (κ2) is 3.17. The van der Waals surface area contributed by atoms with Gasteiger partial charge in [-0.05, 0) is 0 Å². The number of hydrogen-bond donors (Lipinski definition) is 2.